The van der Waals surface area contributed by atoms with Gasteiger partial charge < -0.3 is 4.74 Å². The molecule has 0 N–H and O–H groups in total. The van der Waals surface area contributed by atoms with Crippen LogP contribution in [0.3, 0.4) is 0 Å². The summed E-state index contributed by atoms with van der Waals surface area (Å²) in [6.45, 7) is 9.44. The maximum Gasteiger partial charge on any atom is 0.0734 e. The van der Waals surface area contributed by atoms with Gasteiger partial charge in [0.2, 0.25) is 0 Å². The van der Waals surface area contributed by atoms with Crippen molar-refractivity contribution in [2.24, 2.45) is 23.2 Å². The van der Waals surface area contributed by atoms with Crippen molar-refractivity contribution in [3.63, 3.8) is 0 Å². The van der Waals surface area contributed by atoms with E-state index in [0.717, 1.165) is 17.8 Å². The van der Waals surface area contributed by atoms with Gasteiger partial charge in [0.1, 0.15) is 0 Å². The lowest BCUT2D eigenvalue weighted by Crippen LogP contribution is -2.42. The molecule has 1 aliphatic heterocycles. The van der Waals surface area contributed by atoms with Crippen molar-refractivity contribution in [1.82, 2.24) is 0 Å². The van der Waals surface area contributed by atoms with Crippen LogP contribution in [0.15, 0.2) is 11.6 Å². The summed E-state index contributed by atoms with van der Waals surface area (Å²) in [6.07, 6.45) is 8.65. The normalized spacial score (nSPS) is 48.2. The molecule has 2 saturated carbocycles. The molecule has 0 aromatic rings. The third-order valence-electron chi connectivity index (χ3n) is 5.72. The van der Waals surface area contributed by atoms with Crippen LogP contribution in [0.2, 0.25) is 0 Å². The Morgan fingerprint density at radius 3 is 2.65 bits per heavy atom. The first kappa shape index (κ1) is 11.8. The van der Waals surface area contributed by atoms with Crippen LogP contribution < -0.4 is 0 Å². The molecule has 0 radical (unpaired) electrons. The van der Waals surface area contributed by atoms with E-state index in [1.807, 2.05) is 0 Å². The zero-order valence-electron chi connectivity index (χ0n) is 11.7. The first-order valence-corrected chi connectivity index (χ1v) is 7.31. The highest BCUT2D eigenvalue weighted by Gasteiger charge is 2.55. The summed E-state index contributed by atoms with van der Waals surface area (Å²) in [4.78, 5) is 0. The molecule has 0 saturated heterocycles. The van der Waals surface area contributed by atoms with E-state index in [-0.39, 0.29) is 0 Å². The lowest BCUT2D eigenvalue weighted by atomic mass is 9.65. The van der Waals surface area contributed by atoms with Crippen LogP contribution in [-0.4, -0.2) is 12.2 Å². The van der Waals surface area contributed by atoms with Crippen LogP contribution in [0.5, 0.6) is 0 Å². The van der Waals surface area contributed by atoms with Gasteiger partial charge in [-0.3, -0.25) is 0 Å². The highest BCUT2D eigenvalue weighted by atomic mass is 16.5. The van der Waals surface area contributed by atoms with E-state index in [0.29, 0.717) is 17.6 Å². The van der Waals surface area contributed by atoms with Gasteiger partial charge in [-0.15, -0.1) is 0 Å². The molecule has 1 nitrogen and oxygen atoms in total. The summed E-state index contributed by atoms with van der Waals surface area (Å²) < 4.78 is 6.25. The van der Waals surface area contributed by atoms with Crippen molar-refractivity contribution in [3.05, 3.63) is 11.6 Å². The molecule has 17 heavy (non-hydrogen) atoms. The van der Waals surface area contributed by atoms with Gasteiger partial charge in [0.05, 0.1) is 12.2 Å². The van der Waals surface area contributed by atoms with Gasteiger partial charge >= 0.3 is 0 Å². The lowest BCUT2D eigenvalue weighted by Gasteiger charge is -2.44. The maximum absolute atomic E-state index is 6.25. The van der Waals surface area contributed by atoms with Gasteiger partial charge in [-0.1, -0.05) is 25.5 Å². The molecular weight excluding hydrogens is 208 g/mol. The molecule has 2 aliphatic carbocycles. The largest absolute Gasteiger partial charge is 0.371 e. The molecule has 96 valence electrons. The first-order valence-electron chi connectivity index (χ1n) is 7.31. The summed E-state index contributed by atoms with van der Waals surface area (Å²) in [5.74, 6) is 2.70. The standard InChI is InChI=1S/C16H26O/c1-10-7-11(2)17-14(8-10)15-12-5-6-13(9-12)16(15,3)4/h7,11-15H,5-6,8-9H2,1-4H3. The van der Waals surface area contributed by atoms with Crippen molar-refractivity contribution in [2.45, 2.75) is 65.6 Å². The van der Waals surface area contributed by atoms with E-state index in [1.54, 1.807) is 0 Å². The Bertz CT molecular complexity index is 341. The zero-order chi connectivity index (χ0) is 12.2. The SMILES string of the molecule is CC1=CC(C)OC(C2C3CCC(C3)C2(C)C)C1. The van der Waals surface area contributed by atoms with Crippen LogP contribution in [0.4, 0.5) is 0 Å². The molecule has 5 atom stereocenters. The smallest absolute Gasteiger partial charge is 0.0734 e. The molecule has 0 aromatic carbocycles. The summed E-state index contributed by atoms with van der Waals surface area (Å²) in [6, 6.07) is 0. The van der Waals surface area contributed by atoms with Gasteiger partial charge in [0, 0.05) is 0 Å². The van der Waals surface area contributed by atoms with Crippen LogP contribution in [-0.2, 0) is 4.74 Å². The van der Waals surface area contributed by atoms with E-state index in [1.165, 1.54) is 31.3 Å². The predicted octanol–water partition coefficient (Wildman–Crippen LogP) is 4.18. The third-order valence-corrected chi connectivity index (χ3v) is 5.72. The molecule has 2 bridgehead atoms. The Morgan fingerprint density at radius 2 is 2.06 bits per heavy atom. The molecule has 3 rings (SSSR count). The van der Waals surface area contributed by atoms with Gasteiger partial charge in [-0.2, -0.15) is 0 Å². The molecule has 1 heterocycles. The average molecular weight is 234 g/mol. The van der Waals surface area contributed by atoms with Crippen molar-refractivity contribution in [2.75, 3.05) is 0 Å². The van der Waals surface area contributed by atoms with Crippen molar-refractivity contribution >= 4 is 0 Å². The lowest BCUT2D eigenvalue weighted by molar-refractivity contribution is -0.0748. The Labute approximate surface area is 106 Å². The van der Waals surface area contributed by atoms with Crippen LogP contribution in [0.1, 0.15) is 53.4 Å². The Morgan fingerprint density at radius 1 is 1.29 bits per heavy atom. The average Bonchev–Trinajstić information content (AvgIpc) is 2.73. The summed E-state index contributed by atoms with van der Waals surface area (Å²) in [5.41, 5.74) is 2.04. The van der Waals surface area contributed by atoms with Crippen molar-refractivity contribution in [3.8, 4) is 0 Å². The van der Waals surface area contributed by atoms with Gasteiger partial charge in [0.25, 0.3) is 0 Å². The highest BCUT2D eigenvalue weighted by molar-refractivity contribution is 5.12. The molecule has 2 fully saturated rings. The summed E-state index contributed by atoms with van der Waals surface area (Å²) in [7, 11) is 0. The van der Waals surface area contributed by atoms with Crippen LogP contribution >= 0.6 is 0 Å². The van der Waals surface area contributed by atoms with Gasteiger partial charge in [-0.25, -0.2) is 0 Å². The number of fused-ring (bicyclic) bond motifs is 2. The quantitative estimate of drug-likeness (QED) is 0.618. The Kier molecular flexibility index (Phi) is 2.66. The molecular formula is C16H26O. The number of rotatable bonds is 1. The minimum atomic E-state index is 0.323. The Balaban J connectivity index is 1.83. The Hall–Kier alpha value is -0.300. The van der Waals surface area contributed by atoms with Crippen molar-refractivity contribution in [1.29, 1.82) is 0 Å². The molecule has 0 spiro atoms. The van der Waals surface area contributed by atoms with E-state index in [2.05, 4.69) is 33.8 Å². The first-order chi connectivity index (χ1) is 7.98. The molecule has 3 aliphatic rings. The second-order valence-electron chi connectivity index (χ2n) is 7.21. The van der Waals surface area contributed by atoms with Crippen LogP contribution in [0.25, 0.3) is 0 Å². The number of hydrogen-bond donors (Lipinski definition) is 0. The topological polar surface area (TPSA) is 9.23 Å². The maximum atomic E-state index is 6.25. The summed E-state index contributed by atoms with van der Waals surface area (Å²) in [5, 5.41) is 0. The third kappa shape index (κ3) is 1.78. The predicted molar refractivity (Wildman–Crippen MR) is 70.8 cm³/mol. The van der Waals surface area contributed by atoms with E-state index in [4.69, 9.17) is 4.74 Å². The highest BCUT2D eigenvalue weighted by Crippen LogP contribution is 2.61. The van der Waals surface area contributed by atoms with Gasteiger partial charge in [-0.05, 0) is 62.7 Å². The molecule has 1 heteroatoms. The van der Waals surface area contributed by atoms with Crippen LogP contribution in [0, 0.1) is 23.2 Å². The number of hydrogen-bond acceptors (Lipinski definition) is 1. The van der Waals surface area contributed by atoms with Gasteiger partial charge in [0.15, 0.2) is 0 Å². The fourth-order valence-corrected chi connectivity index (χ4v) is 5.04. The second kappa shape index (κ2) is 3.85. The fourth-order valence-electron chi connectivity index (χ4n) is 5.04. The molecule has 0 aromatic heterocycles. The van der Waals surface area contributed by atoms with Crippen molar-refractivity contribution < 1.29 is 4.74 Å². The summed E-state index contributed by atoms with van der Waals surface area (Å²) >= 11 is 0. The monoisotopic (exact) mass is 234 g/mol. The van der Waals surface area contributed by atoms with E-state index < -0.39 is 0 Å². The molecule has 5 unspecified atom stereocenters. The fraction of sp³-hybridized carbons (Fsp3) is 0.875. The van der Waals surface area contributed by atoms with E-state index >= 15 is 0 Å². The minimum absolute atomic E-state index is 0.323. The second-order valence-corrected chi connectivity index (χ2v) is 7.21. The zero-order valence-corrected chi connectivity index (χ0v) is 11.7. The number of ether oxygens (including phenoxy) is 1. The van der Waals surface area contributed by atoms with E-state index in [9.17, 15) is 0 Å². The minimum Gasteiger partial charge on any atom is -0.371 e. The molecule has 0 amide bonds.